The summed E-state index contributed by atoms with van der Waals surface area (Å²) in [6, 6.07) is 7.87. The third kappa shape index (κ3) is 3.69. The van der Waals surface area contributed by atoms with Crippen molar-refractivity contribution in [3.8, 4) is 0 Å². The highest BCUT2D eigenvalue weighted by Gasteiger charge is 2.30. The van der Waals surface area contributed by atoms with E-state index in [0.29, 0.717) is 17.0 Å². The van der Waals surface area contributed by atoms with Gasteiger partial charge in [-0.1, -0.05) is 17.7 Å². The van der Waals surface area contributed by atoms with Gasteiger partial charge in [0.1, 0.15) is 0 Å². The van der Waals surface area contributed by atoms with Crippen molar-refractivity contribution in [3.63, 3.8) is 0 Å². The van der Waals surface area contributed by atoms with Crippen molar-refractivity contribution in [2.75, 3.05) is 25.0 Å². The molecule has 3 rings (SSSR count). The molecule has 4 nitrogen and oxygen atoms in total. The van der Waals surface area contributed by atoms with Gasteiger partial charge in [-0.25, -0.2) is 4.79 Å². The van der Waals surface area contributed by atoms with Gasteiger partial charge in [0.2, 0.25) is 0 Å². The van der Waals surface area contributed by atoms with Crippen molar-refractivity contribution in [1.82, 2.24) is 10.2 Å². The Hall–Kier alpha value is -1.26. The Morgan fingerprint density at radius 1 is 1.33 bits per heavy atom. The minimum absolute atomic E-state index is 0.0139. The first-order valence-electron chi connectivity index (χ1n) is 7.77. The van der Waals surface area contributed by atoms with Crippen LogP contribution < -0.4 is 10.6 Å². The smallest absolute Gasteiger partial charge is 0.321 e. The third-order valence-corrected chi connectivity index (χ3v) is 4.72. The first kappa shape index (κ1) is 14.7. The number of anilines is 1. The molecule has 1 aromatic carbocycles. The van der Waals surface area contributed by atoms with Gasteiger partial charge in [-0.05, 0) is 56.3 Å². The molecule has 5 heteroatoms. The van der Waals surface area contributed by atoms with Gasteiger partial charge >= 0.3 is 6.03 Å². The van der Waals surface area contributed by atoms with Crippen LogP contribution in [0.25, 0.3) is 0 Å². The summed E-state index contributed by atoms with van der Waals surface area (Å²) in [6.45, 7) is 2.82. The molecule has 2 amide bonds. The number of nitrogens with one attached hydrogen (secondary N) is 2. The number of rotatable bonds is 2. The molecule has 0 spiro atoms. The standard InChI is InChI=1S/C16H22ClN3O/c17-13-5-1-6-14(10-13)19-16(21)20-9-3-4-12(11-20)15-7-2-8-18-15/h1,5-6,10,12,15,18H,2-4,7-9,11H2,(H,19,21). The number of urea groups is 1. The number of likely N-dealkylation sites (tertiary alicyclic amines) is 1. The predicted molar refractivity (Wildman–Crippen MR) is 85.8 cm³/mol. The van der Waals surface area contributed by atoms with E-state index in [0.717, 1.165) is 31.7 Å². The Labute approximate surface area is 130 Å². The third-order valence-electron chi connectivity index (χ3n) is 4.49. The maximum Gasteiger partial charge on any atom is 0.321 e. The summed E-state index contributed by atoms with van der Waals surface area (Å²) >= 11 is 5.95. The molecule has 2 saturated heterocycles. The summed E-state index contributed by atoms with van der Waals surface area (Å²) < 4.78 is 0. The molecule has 114 valence electrons. The fraction of sp³-hybridized carbons (Fsp3) is 0.562. The maximum atomic E-state index is 12.4. The Balaban J connectivity index is 1.59. The van der Waals surface area contributed by atoms with Crippen LogP contribution in [0.5, 0.6) is 0 Å². The number of amides is 2. The molecule has 0 radical (unpaired) electrons. The minimum Gasteiger partial charge on any atom is -0.324 e. The van der Waals surface area contributed by atoms with Crippen molar-refractivity contribution in [2.24, 2.45) is 5.92 Å². The van der Waals surface area contributed by atoms with Crippen LogP contribution in [0, 0.1) is 5.92 Å². The van der Waals surface area contributed by atoms with Crippen LogP contribution in [0.1, 0.15) is 25.7 Å². The lowest BCUT2D eigenvalue weighted by Crippen LogP contribution is -2.47. The summed E-state index contributed by atoms with van der Waals surface area (Å²) in [5, 5.41) is 7.15. The van der Waals surface area contributed by atoms with Crippen LogP contribution in [0.4, 0.5) is 10.5 Å². The highest BCUT2D eigenvalue weighted by molar-refractivity contribution is 6.30. The van der Waals surface area contributed by atoms with Crippen LogP contribution in [-0.4, -0.2) is 36.6 Å². The van der Waals surface area contributed by atoms with E-state index in [2.05, 4.69) is 10.6 Å². The second kappa shape index (κ2) is 6.67. The Morgan fingerprint density at radius 3 is 3.00 bits per heavy atom. The molecule has 2 fully saturated rings. The average molecular weight is 308 g/mol. The summed E-state index contributed by atoms with van der Waals surface area (Å²) in [6.07, 6.45) is 4.81. The fourth-order valence-corrected chi connectivity index (χ4v) is 3.60. The zero-order chi connectivity index (χ0) is 14.7. The van der Waals surface area contributed by atoms with Crippen LogP contribution in [0.3, 0.4) is 0 Å². The number of carbonyl (C=O) groups is 1. The van der Waals surface area contributed by atoms with Crippen LogP contribution >= 0.6 is 11.6 Å². The second-order valence-electron chi connectivity index (χ2n) is 5.99. The summed E-state index contributed by atoms with van der Waals surface area (Å²) in [7, 11) is 0. The van der Waals surface area contributed by atoms with Crippen LogP contribution in [0.2, 0.25) is 5.02 Å². The molecule has 2 heterocycles. The molecule has 0 aromatic heterocycles. The molecule has 2 unspecified atom stereocenters. The largest absolute Gasteiger partial charge is 0.324 e. The molecule has 2 aliphatic rings. The Morgan fingerprint density at radius 2 is 2.24 bits per heavy atom. The quantitative estimate of drug-likeness (QED) is 0.880. The number of nitrogens with zero attached hydrogens (tertiary/aromatic N) is 1. The lowest BCUT2D eigenvalue weighted by atomic mass is 9.90. The van der Waals surface area contributed by atoms with E-state index in [4.69, 9.17) is 11.6 Å². The van der Waals surface area contributed by atoms with E-state index >= 15 is 0 Å². The predicted octanol–water partition coefficient (Wildman–Crippen LogP) is 3.34. The zero-order valence-corrected chi connectivity index (χ0v) is 12.9. The molecule has 0 aliphatic carbocycles. The van der Waals surface area contributed by atoms with Crippen molar-refractivity contribution in [3.05, 3.63) is 29.3 Å². The molecule has 2 aliphatic heterocycles. The van der Waals surface area contributed by atoms with Crippen molar-refractivity contribution in [2.45, 2.75) is 31.7 Å². The number of halogens is 1. The molecular formula is C16H22ClN3O. The fourth-order valence-electron chi connectivity index (χ4n) is 3.41. The number of benzene rings is 1. The van der Waals surface area contributed by atoms with Crippen LogP contribution in [0.15, 0.2) is 24.3 Å². The highest BCUT2D eigenvalue weighted by atomic mass is 35.5. The zero-order valence-electron chi connectivity index (χ0n) is 12.1. The second-order valence-corrected chi connectivity index (χ2v) is 6.43. The monoisotopic (exact) mass is 307 g/mol. The van der Waals surface area contributed by atoms with Gasteiger partial charge in [0.05, 0.1) is 0 Å². The minimum atomic E-state index is -0.0139. The topological polar surface area (TPSA) is 44.4 Å². The normalized spacial score (nSPS) is 25.9. The van der Waals surface area contributed by atoms with Crippen molar-refractivity contribution < 1.29 is 4.79 Å². The van der Waals surface area contributed by atoms with E-state index < -0.39 is 0 Å². The van der Waals surface area contributed by atoms with E-state index in [-0.39, 0.29) is 6.03 Å². The Kier molecular flexibility index (Phi) is 4.66. The maximum absolute atomic E-state index is 12.4. The van der Waals surface area contributed by atoms with Gasteiger partial charge in [0, 0.05) is 29.8 Å². The number of hydrogen-bond acceptors (Lipinski definition) is 2. The molecule has 0 bridgehead atoms. The van der Waals surface area contributed by atoms with Crippen molar-refractivity contribution >= 4 is 23.3 Å². The number of piperidine rings is 1. The van der Waals surface area contributed by atoms with Gasteiger partial charge in [0.25, 0.3) is 0 Å². The average Bonchev–Trinajstić information content (AvgIpc) is 3.02. The van der Waals surface area contributed by atoms with E-state index in [9.17, 15) is 4.79 Å². The van der Waals surface area contributed by atoms with E-state index in [1.807, 2.05) is 17.0 Å². The van der Waals surface area contributed by atoms with Crippen molar-refractivity contribution in [1.29, 1.82) is 0 Å². The van der Waals surface area contributed by atoms with Gasteiger partial charge in [-0.2, -0.15) is 0 Å². The Bertz CT molecular complexity index is 502. The summed E-state index contributed by atoms with van der Waals surface area (Å²) in [5.41, 5.74) is 0.758. The molecule has 0 saturated carbocycles. The lowest BCUT2D eigenvalue weighted by molar-refractivity contribution is 0.163. The first-order valence-corrected chi connectivity index (χ1v) is 8.15. The number of carbonyl (C=O) groups excluding carboxylic acids is 1. The van der Waals surface area contributed by atoms with Gasteiger partial charge < -0.3 is 15.5 Å². The molecular weight excluding hydrogens is 286 g/mol. The van der Waals surface area contributed by atoms with Crippen LogP contribution in [-0.2, 0) is 0 Å². The van der Waals surface area contributed by atoms with E-state index in [1.54, 1.807) is 12.1 Å². The highest BCUT2D eigenvalue weighted by Crippen LogP contribution is 2.25. The van der Waals surface area contributed by atoms with Gasteiger partial charge in [0.15, 0.2) is 0 Å². The lowest BCUT2D eigenvalue weighted by Gasteiger charge is -2.35. The first-order chi connectivity index (χ1) is 10.2. The number of hydrogen-bond donors (Lipinski definition) is 2. The molecule has 2 N–H and O–H groups in total. The summed E-state index contributed by atoms with van der Waals surface area (Å²) in [5.74, 6) is 0.589. The molecule has 21 heavy (non-hydrogen) atoms. The van der Waals surface area contributed by atoms with Gasteiger partial charge in [-0.3, -0.25) is 0 Å². The van der Waals surface area contributed by atoms with Gasteiger partial charge in [-0.15, -0.1) is 0 Å². The SMILES string of the molecule is O=C(Nc1cccc(Cl)c1)N1CCCC(C2CCCN2)C1. The summed E-state index contributed by atoms with van der Waals surface area (Å²) in [4.78, 5) is 14.3. The molecule has 1 aromatic rings. The van der Waals surface area contributed by atoms with E-state index in [1.165, 1.54) is 19.3 Å². The molecule has 2 atom stereocenters.